The molecule has 0 aliphatic carbocycles. The van der Waals surface area contributed by atoms with Crippen molar-refractivity contribution < 1.29 is 9.59 Å². The zero-order chi connectivity index (χ0) is 21.8. The molecule has 1 heterocycles. The van der Waals surface area contributed by atoms with Gasteiger partial charge in [0.15, 0.2) is 5.78 Å². The first-order chi connectivity index (χ1) is 14.2. The molecule has 0 fully saturated rings. The molecule has 1 N–H and O–H groups in total. The molecule has 0 radical (unpaired) electrons. The van der Waals surface area contributed by atoms with E-state index in [1.165, 1.54) is 29.4 Å². The Labute approximate surface area is 183 Å². The molecule has 0 saturated carbocycles. The number of nitrogens with one attached hydrogen (secondary N) is 1. The second-order valence-electron chi connectivity index (χ2n) is 6.74. The number of carbonyl (C=O) groups is 2. The normalized spacial score (nSPS) is 11.7. The molecule has 6 nitrogen and oxygen atoms in total. The van der Waals surface area contributed by atoms with Crippen LogP contribution >= 0.6 is 23.4 Å². The molecule has 1 aromatic heterocycles. The highest BCUT2D eigenvalue weighted by molar-refractivity contribution is 8.00. The summed E-state index contributed by atoms with van der Waals surface area (Å²) in [5.41, 5.74) is 2.23. The summed E-state index contributed by atoms with van der Waals surface area (Å²) in [5, 5.41) is 7.75. The molecule has 3 rings (SSSR count). The number of aryl methyl sites for hydroxylation is 1. The molecule has 154 valence electrons. The molecule has 8 heteroatoms. The summed E-state index contributed by atoms with van der Waals surface area (Å²) in [7, 11) is 0. The molecule has 0 bridgehead atoms. The lowest BCUT2D eigenvalue weighted by Gasteiger charge is -2.13. The van der Waals surface area contributed by atoms with E-state index in [1.54, 1.807) is 49.4 Å². The summed E-state index contributed by atoms with van der Waals surface area (Å²) in [6.45, 7) is 5.09. The van der Waals surface area contributed by atoms with E-state index in [2.05, 4.69) is 10.4 Å². The number of ketones is 1. The van der Waals surface area contributed by atoms with E-state index in [0.29, 0.717) is 27.0 Å². The van der Waals surface area contributed by atoms with Gasteiger partial charge in [0.05, 0.1) is 10.9 Å². The second kappa shape index (κ2) is 9.28. The number of nitrogens with zero attached hydrogens (tertiary/aromatic N) is 2. The van der Waals surface area contributed by atoms with Gasteiger partial charge >= 0.3 is 0 Å². The van der Waals surface area contributed by atoms with Gasteiger partial charge in [-0.1, -0.05) is 41.6 Å². The van der Waals surface area contributed by atoms with Crippen molar-refractivity contribution in [3.05, 3.63) is 81.1 Å². The van der Waals surface area contributed by atoms with Crippen molar-refractivity contribution in [1.82, 2.24) is 9.78 Å². The number of aromatic nitrogens is 2. The van der Waals surface area contributed by atoms with E-state index in [-0.39, 0.29) is 17.2 Å². The summed E-state index contributed by atoms with van der Waals surface area (Å²) in [6.07, 6.45) is 0. The van der Waals surface area contributed by atoms with Gasteiger partial charge in [-0.2, -0.15) is 9.78 Å². The highest BCUT2D eigenvalue weighted by Crippen LogP contribution is 2.23. The quantitative estimate of drug-likeness (QED) is 0.449. The van der Waals surface area contributed by atoms with E-state index in [1.807, 2.05) is 13.0 Å². The van der Waals surface area contributed by atoms with Gasteiger partial charge in [0.1, 0.15) is 5.03 Å². The minimum atomic E-state index is -0.481. The number of Topliss-reactive ketones (excluding diaryl/α,β-unsaturated/α-hetero) is 1. The van der Waals surface area contributed by atoms with Crippen LogP contribution in [0.5, 0.6) is 0 Å². The van der Waals surface area contributed by atoms with Crippen molar-refractivity contribution in [3.63, 3.8) is 0 Å². The van der Waals surface area contributed by atoms with Crippen LogP contribution in [0.15, 0.2) is 64.4 Å². The Morgan fingerprint density at radius 2 is 1.90 bits per heavy atom. The van der Waals surface area contributed by atoms with E-state index in [0.717, 1.165) is 5.56 Å². The van der Waals surface area contributed by atoms with E-state index >= 15 is 0 Å². The molecular formula is C22H20ClN3O3S. The molecule has 0 saturated heterocycles. The van der Waals surface area contributed by atoms with Crippen molar-refractivity contribution in [2.45, 2.75) is 31.0 Å². The average Bonchev–Trinajstić information content (AvgIpc) is 2.71. The van der Waals surface area contributed by atoms with Gasteiger partial charge in [-0.25, -0.2) is 0 Å². The highest BCUT2D eigenvalue weighted by atomic mass is 35.5. The second-order valence-corrected chi connectivity index (χ2v) is 8.51. The van der Waals surface area contributed by atoms with Crippen molar-refractivity contribution in [3.8, 4) is 5.69 Å². The lowest BCUT2D eigenvalue weighted by atomic mass is 10.1. The maximum atomic E-state index is 12.6. The fourth-order valence-electron chi connectivity index (χ4n) is 2.65. The Morgan fingerprint density at radius 3 is 2.60 bits per heavy atom. The molecule has 0 unspecified atom stereocenters. The Hall–Kier alpha value is -2.90. The largest absolute Gasteiger partial charge is 0.325 e. The van der Waals surface area contributed by atoms with Crippen LogP contribution in [0.4, 0.5) is 5.69 Å². The smallest absolute Gasteiger partial charge is 0.271 e. The summed E-state index contributed by atoms with van der Waals surface area (Å²) in [6, 6.07) is 15.0. The van der Waals surface area contributed by atoms with E-state index in [4.69, 9.17) is 11.6 Å². The topological polar surface area (TPSA) is 81.1 Å². The number of hydrogen-bond acceptors (Lipinski definition) is 5. The fraction of sp³-hybridized carbons (Fsp3) is 0.182. The number of rotatable bonds is 6. The number of anilines is 1. The summed E-state index contributed by atoms with van der Waals surface area (Å²) in [5.74, 6) is -0.310. The van der Waals surface area contributed by atoms with Crippen LogP contribution in [0.3, 0.4) is 0 Å². The monoisotopic (exact) mass is 441 g/mol. The lowest BCUT2D eigenvalue weighted by molar-refractivity contribution is -0.115. The van der Waals surface area contributed by atoms with Crippen molar-refractivity contribution in [1.29, 1.82) is 0 Å². The first-order valence-corrected chi connectivity index (χ1v) is 10.5. The molecule has 3 aromatic rings. The molecule has 1 atom stereocenters. The van der Waals surface area contributed by atoms with Gasteiger partial charge in [0.25, 0.3) is 5.56 Å². The maximum Gasteiger partial charge on any atom is 0.271 e. The Morgan fingerprint density at radius 1 is 1.13 bits per heavy atom. The number of hydrogen-bond donors (Lipinski definition) is 1. The number of thioether (sulfide) groups is 1. The van der Waals surface area contributed by atoms with Gasteiger partial charge in [0.2, 0.25) is 5.91 Å². The summed E-state index contributed by atoms with van der Waals surface area (Å²) < 4.78 is 1.26. The molecule has 1 amide bonds. The standard InChI is InChI=1S/C22H20ClN3O3S/c1-13-7-8-18(12-19(13)23)26-21(28)10-9-20(25-26)30-15(3)22(29)24-17-6-4-5-16(11-17)14(2)27/h4-12,15H,1-3H3,(H,24,29)/t15-/m0/s1. The molecule has 30 heavy (non-hydrogen) atoms. The lowest BCUT2D eigenvalue weighted by Crippen LogP contribution is -2.24. The van der Waals surface area contributed by atoms with Gasteiger partial charge in [-0.15, -0.1) is 0 Å². The van der Waals surface area contributed by atoms with Gasteiger partial charge < -0.3 is 5.32 Å². The molecule has 0 aliphatic heterocycles. The number of carbonyl (C=O) groups excluding carboxylic acids is 2. The first-order valence-electron chi connectivity index (χ1n) is 9.20. The molecule has 0 spiro atoms. The number of amides is 1. The Kier molecular flexibility index (Phi) is 6.74. The Bertz CT molecular complexity index is 1180. The van der Waals surface area contributed by atoms with Gasteiger partial charge in [0, 0.05) is 22.3 Å². The minimum Gasteiger partial charge on any atom is -0.325 e. The maximum absolute atomic E-state index is 12.6. The number of halogens is 1. The third-order valence-corrected chi connectivity index (χ3v) is 5.81. The number of benzene rings is 2. The fourth-order valence-corrected chi connectivity index (χ4v) is 3.63. The van der Waals surface area contributed by atoms with Crippen LogP contribution in [0.25, 0.3) is 5.69 Å². The zero-order valence-corrected chi connectivity index (χ0v) is 18.3. The van der Waals surface area contributed by atoms with Crippen LogP contribution < -0.4 is 10.9 Å². The van der Waals surface area contributed by atoms with Crippen LogP contribution in [-0.4, -0.2) is 26.7 Å². The molecule has 0 aliphatic rings. The van der Waals surface area contributed by atoms with Crippen molar-refractivity contribution in [2.24, 2.45) is 0 Å². The average molecular weight is 442 g/mol. The van der Waals surface area contributed by atoms with E-state index in [9.17, 15) is 14.4 Å². The van der Waals surface area contributed by atoms with Crippen molar-refractivity contribution in [2.75, 3.05) is 5.32 Å². The van der Waals surface area contributed by atoms with Gasteiger partial charge in [-0.3, -0.25) is 14.4 Å². The molecular weight excluding hydrogens is 422 g/mol. The highest BCUT2D eigenvalue weighted by Gasteiger charge is 2.17. The van der Waals surface area contributed by atoms with Gasteiger partial charge in [-0.05, 0) is 56.7 Å². The predicted octanol–water partition coefficient (Wildman–Crippen LogP) is 4.52. The third-order valence-electron chi connectivity index (χ3n) is 4.38. The van der Waals surface area contributed by atoms with Crippen LogP contribution in [-0.2, 0) is 4.79 Å². The summed E-state index contributed by atoms with van der Waals surface area (Å²) in [4.78, 5) is 36.3. The van der Waals surface area contributed by atoms with Crippen LogP contribution in [0, 0.1) is 6.92 Å². The SMILES string of the molecule is CC(=O)c1cccc(NC(=O)[C@H](C)Sc2ccc(=O)n(-c3ccc(C)c(Cl)c3)n2)c1. The van der Waals surface area contributed by atoms with Crippen LogP contribution in [0.1, 0.15) is 29.8 Å². The third kappa shape index (κ3) is 5.17. The first kappa shape index (κ1) is 21.8. The molecule has 2 aromatic carbocycles. The van der Waals surface area contributed by atoms with E-state index < -0.39 is 5.25 Å². The zero-order valence-electron chi connectivity index (χ0n) is 16.7. The summed E-state index contributed by atoms with van der Waals surface area (Å²) >= 11 is 7.39. The predicted molar refractivity (Wildman–Crippen MR) is 120 cm³/mol. The minimum absolute atomic E-state index is 0.0730. The Balaban J connectivity index is 1.76. The van der Waals surface area contributed by atoms with Crippen molar-refractivity contribution >= 4 is 40.7 Å². The van der Waals surface area contributed by atoms with Crippen LogP contribution in [0.2, 0.25) is 5.02 Å².